The van der Waals surface area contributed by atoms with Gasteiger partial charge in [0.15, 0.2) is 0 Å². The highest BCUT2D eigenvalue weighted by Gasteiger charge is 2.41. The van der Waals surface area contributed by atoms with Crippen LogP contribution < -0.4 is 4.74 Å². The molecule has 0 saturated heterocycles. The van der Waals surface area contributed by atoms with Gasteiger partial charge >= 0.3 is 12.1 Å². The molecule has 0 aromatic heterocycles. The fourth-order valence-electron chi connectivity index (χ4n) is 1.75. The number of ether oxygens (including phenoxy) is 1. The van der Waals surface area contributed by atoms with Crippen molar-refractivity contribution in [2.24, 2.45) is 5.92 Å². The second kappa shape index (κ2) is 6.63. The molecule has 1 rings (SSSR count). The molecule has 0 aliphatic heterocycles. The van der Waals surface area contributed by atoms with Gasteiger partial charge in [-0.25, -0.2) is 4.79 Å². The number of aromatic hydroxyl groups is 1. The van der Waals surface area contributed by atoms with Crippen LogP contribution in [-0.2, 0) is 11.2 Å². The van der Waals surface area contributed by atoms with E-state index in [1.54, 1.807) is 0 Å². The maximum Gasteiger partial charge on any atom is 0.491 e. The zero-order chi connectivity index (χ0) is 15.3. The van der Waals surface area contributed by atoms with Gasteiger partial charge in [-0.3, -0.25) is 0 Å². The van der Waals surface area contributed by atoms with Crippen LogP contribution in [0.25, 0.3) is 0 Å². The molecule has 0 saturated carbocycles. The van der Waals surface area contributed by atoms with Crippen molar-refractivity contribution >= 4 is 5.97 Å². The number of phenols is 1. The van der Waals surface area contributed by atoms with E-state index >= 15 is 0 Å². The molecule has 6 heteroatoms. The summed E-state index contributed by atoms with van der Waals surface area (Å²) in [5, 5.41) is 9.70. The van der Waals surface area contributed by atoms with Crippen LogP contribution in [0.3, 0.4) is 0 Å². The van der Waals surface area contributed by atoms with E-state index in [0.29, 0.717) is 18.8 Å². The van der Waals surface area contributed by atoms with E-state index in [0.717, 1.165) is 6.42 Å². The van der Waals surface area contributed by atoms with Crippen LogP contribution in [0.2, 0.25) is 0 Å². The summed E-state index contributed by atoms with van der Waals surface area (Å²) in [6, 6.07) is 3.93. The number of hydrogen-bond acceptors (Lipinski definition) is 3. The predicted octanol–water partition coefficient (Wildman–Crippen LogP) is 3.84. The minimum absolute atomic E-state index is 0.166. The van der Waals surface area contributed by atoms with E-state index in [-0.39, 0.29) is 17.1 Å². The van der Waals surface area contributed by atoms with Crippen molar-refractivity contribution in [2.75, 3.05) is 0 Å². The van der Waals surface area contributed by atoms with E-state index in [2.05, 4.69) is 4.74 Å². The lowest BCUT2D eigenvalue weighted by atomic mass is 10.0. The highest BCUT2D eigenvalue weighted by molar-refractivity contribution is 5.78. The zero-order valence-electron chi connectivity index (χ0n) is 11.3. The SMILES string of the molecule is CC(C)CCCc1c(O)cccc1OC(=O)C(F)(F)F. The van der Waals surface area contributed by atoms with Gasteiger partial charge < -0.3 is 9.84 Å². The summed E-state index contributed by atoms with van der Waals surface area (Å²) >= 11 is 0. The first-order chi connectivity index (χ1) is 9.21. The standard InChI is InChI=1S/C14H17F3O3/c1-9(2)5-3-6-10-11(18)7-4-8-12(10)20-13(19)14(15,16)17/h4,7-9,18H,3,5-6H2,1-2H3. The number of carbonyl (C=O) groups is 1. The average molecular weight is 290 g/mol. The molecule has 0 fully saturated rings. The highest BCUT2D eigenvalue weighted by Crippen LogP contribution is 2.31. The van der Waals surface area contributed by atoms with Gasteiger partial charge in [-0.05, 0) is 30.9 Å². The number of carbonyl (C=O) groups excluding carboxylic acids is 1. The fourth-order valence-corrected chi connectivity index (χ4v) is 1.75. The van der Waals surface area contributed by atoms with Gasteiger partial charge in [0, 0.05) is 5.56 Å². The summed E-state index contributed by atoms with van der Waals surface area (Å²) < 4.78 is 40.9. The van der Waals surface area contributed by atoms with Crippen LogP contribution in [-0.4, -0.2) is 17.3 Å². The second-order valence-corrected chi connectivity index (χ2v) is 4.93. The Kier molecular flexibility index (Phi) is 5.42. The third-order valence-electron chi connectivity index (χ3n) is 2.75. The molecule has 0 atom stereocenters. The quantitative estimate of drug-likeness (QED) is 0.662. The monoisotopic (exact) mass is 290 g/mol. The molecule has 0 aliphatic carbocycles. The molecule has 1 N–H and O–H groups in total. The van der Waals surface area contributed by atoms with Crippen LogP contribution in [0.15, 0.2) is 18.2 Å². The molecule has 1 aromatic rings. The van der Waals surface area contributed by atoms with Crippen LogP contribution >= 0.6 is 0 Å². The van der Waals surface area contributed by atoms with Gasteiger partial charge in [0.25, 0.3) is 0 Å². The Hall–Kier alpha value is -1.72. The van der Waals surface area contributed by atoms with Crippen LogP contribution in [0.5, 0.6) is 11.5 Å². The van der Waals surface area contributed by atoms with Crippen molar-refractivity contribution in [1.82, 2.24) is 0 Å². The van der Waals surface area contributed by atoms with E-state index in [1.807, 2.05) is 13.8 Å². The molecule has 112 valence electrons. The molecule has 0 bridgehead atoms. The Balaban J connectivity index is 2.85. The van der Waals surface area contributed by atoms with Crippen LogP contribution in [0.4, 0.5) is 13.2 Å². The van der Waals surface area contributed by atoms with Crippen molar-refractivity contribution in [1.29, 1.82) is 0 Å². The molecular formula is C14H17F3O3. The van der Waals surface area contributed by atoms with E-state index in [9.17, 15) is 23.1 Å². The first-order valence-electron chi connectivity index (χ1n) is 6.31. The number of halogens is 3. The van der Waals surface area contributed by atoms with Crippen molar-refractivity contribution in [3.8, 4) is 11.5 Å². The molecule has 0 heterocycles. The number of benzene rings is 1. The first-order valence-corrected chi connectivity index (χ1v) is 6.31. The number of rotatable bonds is 5. The molecule has 0 aliphatic rings. The lowest BCUT2D eigenvalue weighted by molar-refractivity contribution is -0.189. The zero-order valence-corrected chi connectivity index (χ0v) is 11.3. The molecular weight excluding hydrogens is 273 g/mol. The number of hydrogen-bond donors (Lipinski definition) is 1. The minimum Gasteiger partial charge on any atom is -0.508 e. The van der Waals surface area contributed by atoms with Crippen LogP contribution in [0, 0.1) is 5.92 Å². The smallest absolute Gasteiger partial charge is 0.491 e. The maximum absolute atomic E-state index is 12.2. The van der Waals surface area contributed by atoms with Crippen molar-refractivity contribution in [3.63, 3.8) is 0 Å². The average Bonchev–Trinajstić information content (AvgIpc) is 2.31. The van der Waals surface area contributed by atoms with E-state index in [4.69, 9.17) is 0 Å². The lowest BCUT2D eigenvalue weighted by Crippen LogP contribution is -2.28. The van der Waals surface area contributed by atoms with Crippen molar-refractivity contribution in [3.05, 3.63) is 23.8 Å². The van der Waals surface area contributed by atoms with Gasteiger partial charge in [0.2, 0.25) is 0 Å². The Morgan fingerprint density at radius 2 is 2.00 bits per heavy atom. The summed E-state index contributed by atoms with van der Waals surface area (Å²) in [5.41, 5.74) is 0.228. The van der Waals surface area contributed by atoms with Crippen molar-refractivity contribution in [2.45, 2.75) is 39.3 Å². The topological polar surface area (TPSA) is 46.5 Å². The Labute approximate surface area is 115 Å². The lowest BCUT2D eigenvalue weighted by Gasteiger charge is -2.13. The molecule has 3 nitrogen and oxygen atoms in total. The number of esters is 1. The Morgan fingerprint density at radius 1 is 1.35 bits per heavy atom. The highest BCUT2D eigenvalue weighted by atomic mass is 19.4. The second-order valence-electron chi connectivity index (χ2n) is 4.93. The van der Waals surface area contributed by atoms with Gasteiger partial charge in [0.1, 0.15) is 11.5 Å². The Bertz CT molecular complexity index is 467. The van der Waals surface area contributed by atoms with Gasteiger partial charge in [0.05, 0.1) is 0 Å². The molecule has 1 aromatic carbocycles. The Morgan fingerprint density at radius 3 is 2.55 bits per heavy atom. The third kappa shape index (κ3) is 4.75. The molecule has 20 heavy (non-hydrogen) atoms. The molecule has 0 amide bonds. The number of phenolic OH excluding ortho intramolecular Hbond substituents is 1. The summed E-state index contributed by atoms with van der Waals surface area (Å²) in [4.78, 5) is 10.9. The normalized spacial score (nSPS) is 11.7. The predicted molar refractivity (Wildman–Crippen MR) is 67.6 cm³/mol. The summed E-state index contributed by atoms with van der Waals surface area (Å²) in [5.74, 6) is -2.24. The minimum atomic E-state index is -5.05. The first kappa shape index (κ1) is 16.3. The van der Waals surface area contributed by atoms with Crippen LogP contribution in [0.1, 0.15) is 32.3 Å². The summed E-state index contributed by atoms with van der Waals surface area (Å²) in [7, 11) is 0. The number of alkyl halides is 3. The van der Waals surface area contributed by atoms with Gasteiger partial charge in [-0.2, -0.15) is 13.2 Å². The van der Waals surface area contributed by atoms with E-state index in [1.165, 1.54) is 18.2 Å². The molecule has 0 radical (unpaired) electrons. The fraction of sp³-hybridized carbons (Fsp3) is 0.500. The maximum atomic E-state index is 12.2. The molecule has 0 spiro atoms. The summed E-state index contributed by atoms with van der Waals surface area (Å²) in [6.45, 7) is 4.05. The van der Waals surface area contributed by atoms with Gasteiger partial charge in [-0.1, -0.05) is 26.3 Å². The third-order valence-corrected chi connectivity index (χ3v) is 2.75. The van der Waals surface area contributed by atoms with Crippen molar-refractivity contribution < 1.29 is 27.8 Å². The van der Waals surface area contributed by atoms with Gasteiger partial charge in [-0.15, -0.1) is 0 Å². The van der Waals surface area contributed by atoms with E-state index < -0.39 is 12.1 Å². The summed E-state index contributed by atoms with van der Waals surface area (Å²) in [6.07, 6.45) is -3.15. The molecule has 0 unspecified atom stereocenters. The largest absolute Gasteiger partial charge is 0.508 e.